The number of carbonyl (C=O) groups is 2. The normalized spacial score (nSPS) is 25.5. The molecule has 0 bridgehead atoms. The molecule has 3 nitrogen and oxygen atoms in total. The summed E-state index contributed by atoms with van der Waals surface area (Å²) in [6.07, 6.45) is 1.37. The topological polar surface area (TPSA) is 54.4 Å². The van der Waals surface area contributed by atoms with Gasteiger partial charge in [0.15, 0.2) is 11.6 Å². The summed E-state index contributed by atoms with van der Waals surface area (Å²) in [5.41, 5.74) is -0.0388. The van der Waals surface area contributed by atoms with E-state index >= 15 is 0 Å². The van der Waals surface area contributed by atoms with Crippen molar-refractivity contribution in [1.29, 1.82) is 0 Å². The SMILES string of the molecule is CC1CC(=O)C(=CO)C(=O)C1. The molecule has 1 aliphatic carbocycles. The lowest BCUT2D eigenvalue weighted by Gasteiger charge is -2.16. The highest BCUT2D eigenvalue weighted by Crippen LogP contribution is 2.21. The van der Waals surface area contributed by atoms with E-state index in [4.69, 9.17) is 5.11 Å². The highest BCUT2D eigenvalue weighted by molar-refractivity contribution is 6.21. The van der Waals surface area contributed by atoms with E-state index in [0.29, 0.717) is 19.1 Å². The molecule has 1 saturated carbocycles. The molecule has 0 saturated heterocycles. The molecule has 3 heteroatoms. The molecule has 1 N–H and O–H groups in total. The van der Waals surface area contributed by atoms with Gasteiger partial charge < -0.3 is 5.11 Å². The second kappa shape index (κ2) is 2.86. The Morgan fingerprint density at radius 2 is 1.82 bits per heavy atom. The van der Waals surface area contributed by atoms with Crippen molar-refractivity contribution in [3.05, 3.63) is 11.8 Å². The second-order valence-corrected chi connectivity index (χ2v) is 2.90. The van der Waals surface area contributed by atoms with E-state index in [0.717, 1.165) is 0 Å². The fourth-order valence-electron chi connectivity index (χ4n) is 1.22. The number of allylic oxidation sites excluding steroid dienone is 1. The van der Waals surface area contributed by atoms with Crippen LogP contribution in [0.2, 0.25) is 0 Å². The highest BCUT2D eigenvalue weighted by atomic mass is 16.2. The van der Waals surface area contributed by atoms with Gasteiger partial charge in [0.25, 0.3) is 0 Å². The van der Waals surface area contributed by atoms with E-state index in [1.165, 1.54) is 0 Å². The number of aliphatic hydroxyl groups excluding tert-OH is 1. The van der Waals surface area contributed by atoms with Crippen molar-refractivity contribution in [2.45, 2.75) is 19.8 Å². The van der Waals surface area contributed by atoms with Crippen molar-refractivity contribution in [2.75, 3.05) is 0 Å². The molecule has 0 radical (unpaired) electrons. The van der Waals surface area contributed by atoms with Crippen LogP contribution in [0.5, 0.6) is 0 Å². The van der Waals surface area contributed by atoms with Crippen LogP contribution in [0.4, 0.5) is 0 Å². The first kappa shape index (κ1) is 7.98. The minimum atomic E-state index is -0.240. The number of carbonyl (C=O) groups excluding carboxylic acids is 2. The van der Waals surface area contributed by atoms with Crippen molar-refractivity contribution in [1.82, 2.24) is 0 Å². The van der Waals surface area contributed by atoms with Gasteiger partial charge in [0, 0.05) is 12.8 Å². The minimum absolute atomic E-state index is 0.0388. The lowest BCUT2D eigenvalue weighted by atomic mass is 9.86. The average molecular weight is 154 g/mol. The van der Waals surface area contributed by atoms with Crippen molar-refractivity contribution < 1.29 is 14.7 Å². The largest absolute Gasteiger partial charge is 0.515 e. The molecule has 0 aromatic carbocycles. The molecular formula is C8H10O3. The molecule has 60 valence electrons. The van der Waals surface area contributed by atoms with Crippen LogP contribution in [0.1, 0.15) is 19.8 Å². The Labute approximate surface area is 64.7 Å². The summed E-state index contributed by atoms with van der Waals surface area (Å²) in [5.74, 6) is -0.355. The van der Waals surface area contributed by atoms with Crippen molar-refractivity contribution >= 4 is 11.6 Å². The maximum Gasteiger partial charge on any atom is 0.169 e. The number of rotatable bonds is 0. The summed E-state index contributed by atoms with van der Waals surface area (Å²) in [7, 11) is 0. The van der Waals surface area contributed by atoms with E-state index in [-0.39, 0.29) is 23.1 Å². The van der Waals surface area contributed by atoms with Gasteiger partial charge in [-0.05, 0) is 5.92 Å². The molecule has 0 heterocycles. The molecular weight excluding hydrogens is 144 g/mol. The zero-order chi connectivity index (χ0) is 8.43. The first-order valence-corrected chi connectivity index (χ1v) is 3.56. The second-order valence-electron chi connectivity index (χ2n) is 2.90. The van der Waals surface area contributed by atoms with Gasteiger partial charge in [-0.1, -0.05) is 6.92 Å². The summed E-state index contributed by atoms with van der Waals surface area (Å²) >= 11 is 0. The van der Waals surface area contributed by atoms with Gasteiger partial charge in [0.05, 0.1) is 11.8 Å². The van der Waals surface area contributed by atoms with Crippen LogP contribution in [0.25, 0.3) is 0 Å². The quantitative estimate of drug-likeness (QED) is 0.321. The van der Waals surface area contributed by atoms with E-state index < -0.39 is 0 Å². The third-order valence-electron chi connectivity index (χ3n) is 1.80. The predicted octanol–water partition coefficient (Wildman–Crippen LogP) is 0.996. The molecule has 0 unspecified atom stereocenters. The van der Waals surface area contributed by atoms with Gasteiger partial charge >= 0.3 is 0 Å². The summed E-state index contributed by atoms with van der Waals surface area (Å²) in [6, 6.07) is 0. The minimum Gasteiger partial charge on any atom is -0.515 e. The van der Waals surface area contributed by atoms with Gasteiger partial charge in [-0.15, -0.1) is 0 Å². The third-order valence-corrected chi connectivity index (χ3v) is 1.80. The van der Waals surface area contributed by atoms with Gasteiger partial charge in [0.2, 0.25) is 0 Å². The van der Waals surface area contributed by atoms with Gasteiger partial charge in [0.1, 0.15) is 0 Å². The summed E-state index contributed by atoms with van der Waals surface area (Å²) in [4.78, 5) is 22.0. The number of Topliss-reactive ketones (excluding diaryl/α,β-unsaturated/α-hetero) is 2. The molecule has 1 aliphatic rings. The zero-order valence-corrected chi connectivity index (χ0v) is 6.33. The molecule has 0 aromatic rings. The smallest absolute Gasteiger partial charge is 0.169 e. The number of ketones is 2. The summed E-state index contributed by atoms with van der Waals surface area (Å²) < 4.78 is 0. The molecule has 0 atom stereocenters. The Balaban J connectivity index is 2.84. The Kier molecular flexibility index (Phi) is 2.08. The van der Waals surface area contributed by atoms with Crippen molar-refractivity contribution in [3.8, 4) is 0 Å². The first-order valence-electron chi connectivity index (χ1n) is 3.56. The number of aliphatic hydroxyl groups is 1. The lowest BCUT2D eigenvalue weighted by molar-refractivity contribution is -0.125. The molecule has 0 aromatic heterocycles. The maximum atomic E-state index is 11.0. The molecule has 1 rings (SSSR count). The highest BCUT2D eigenvalue weighted by Gasteiger charge is 2.27. The summed E-state index contributed by atoms with van der Waals surface area (Å²) in [5, 5.41) is 8.51. The first-order chi connectivity index (χ1) is 5.15. The van der Waals surface area contributed by atoms with Crippen LogP contribution in [0.3, 0.4) is 0 Å². The molecule has 0 aliphatic heterocycles. The fourth-order valence-corrected chi connectivity index (χ4v) is 1.22. The Bertz CT molecular complexity index is 207. The zero-order valence-electron chi connectivity index (χ0n) is 6.33. The van der Waals surface area contributed by atoms with Gasteiger partial charge in [-0.3, -0.25) is 9.59 Å². The molecule has 0 spiro atoms. The summed E-state index contributed by atoms with van der Waals surface area (Å²) in [6.45, 7) is 1.85. The molecule has 0 amide bonds. The molecule has 11 heavy (non-hydrogen) atoms. The van der Waals surface area contributed by atoms with Crippen LogP contribution in [-0.2, 0) is 9.59 Å². The predicted molar refractivity (Wildman–Crippen MR) is 39.1 cm³/mol. The number of hydrogen-bond donors (Lipinski definition) is 1. The lowest BCUT2D eigenvalue weighted by Crippen LogP contribution is -2.24. The Morgan fingerprint density at radius 3 is 2.18 bits per heavy atom. The van der Waals surface area contributed by atoms with E-state index in [1.807, 2.05) is 6.92 Å². The maximum absolute atomic E-state index is 11.0. The van der Waals surface area contributed by atoms with E-state index in [9.17, 15) is 9.59 Å². The van der Waals surface area contributed by atoms with Crippen molar-refractivity contribution in [2.24, 2.45) is 5.92 Å². The van der Waals surface area contributed by atoms with Crippen LogP contribution in [0, 0.1) is 5.92 Å². The van der Waals surface area contributed by atoms with Crippen LogP contribution < -0.4 is 0 Å². The van der Waals surface area contributed by atoms with Gasteiger partial charge in [-0.25, -0.2) is 0 Å². The Morgan fingerprint density at radius 1 is 1.36 bits per heavy atom. The fraction of sp³-hybridized carbons (Fsp3) is 0.500. The van der Waals surface area contributed by atoms with E-state index in [2.05, 4.69) is 0 Å². The van der Waals surface area contributed by atoms with Crippen LogP contribution >= 0.6 is 0 Å². The number of hydrogen-bond acceptors (Lipinski definition) is 3. The average Bonchev–Trinajstić information content (AvgIpc) is 1.85. The molecule has 1 fully saturated rings. The van der Waals surface area contributed by atoms with Crippen LogP contribution in [-0.4, -0.2) is 16.7 Å². The monoisotopic (exact) mass is 154 g/mol. The Hall–Kier alpha value is -1.12. The van der Waals surface area contributed by atoms with Gasteiger partial charge in [-0.2, -0.15) is 0 Å². The van der Waals surface area contributed by atoms with Crippen molar-refractivity contribution in [3.63, 3.8) is 0 Å². The van der Waals surface area contributed by atoms with Crippen LogP contribution in [0.15, 0.2) is 11.8 Å². The standard InChI is InChI=1S/C8H10O3/c1-5-2-7(10)6(4-9)8(11)3-5/h4-5,9H,2-3H2,1H3. The van der Waals surface area contributed by atoms with E-state index in [1.54, 1.807) is 0 Å². The third kappa shape index (κ3) is 1.48.